The Hall–Kier alpha value is -4.50. The monoisotopic (exact) mass is 483 g/mol. The van der Waals surface area contributed by atoms with E-state index in [9.17, 15) is 9.90 Å². The van der Waals surface area contributed by atoms with Crippen LogP contribution in [-0.2, 0) is 0 Å². The maximum Gasteiger partial charge on any atom is 0.255 e. The first-order chi connectivity index (χ1) is 17.7. The van der Waals surface area contributed by atoms with Crippen molar-refractivity contribution in [1.29, 1.82) is 0 Å². The smallest absolute Gasteiger partial charge is 0.255 e. The number of nitrogens with zero attached hydrogens (tertiary/aromatic N) is 3. The Kier molecular flexibility index (Phi) is 7.00. The number of tetrazole rings is 1. The fourth-order valence-electron chi connectivity index (χ4n) is 4.03. The average Bonchev–Trinajstić information content (AvgIpc) is 3.47. The third-order valence-corrected chi connectivity index (χ3v) is 5.84. The van der Waals surface area contributed by atoms with Crippen LogP contribution in [0.5, 0.6) is 11.5 Å². The summed E-state index contributed by atoms with van der Waals surface area (Å²) >= 11 is 0. The summed E-state index contributed by atoms with van der Waals surface area (Å²) in [5, 5.41) is 27.4. The standard InChI is InChI=1S/C27H25N5O4/c33-22(18-9-2-1-3-10-18)13-8-16-35-23-14-6-5-12-20(23)27(34)28-21-17-25(26-29-31-32-30-26)36-24-15-7-4-11-19(21)24/h1-7,9-12,14-15,17,21-22,33H,8,13,16H2,(H,28,34)(H,29,30,31,32). The lowest BCUT2D eigenvalue weighted by Crippen LogP contribution is -2.30. The molecule has 2 atom stereocenters. The Labute approximate surface area is 207 Å². The first kappa shape index (κ1) is 23.3. The number of H-pyrrole nitrogens is 1. The Bertz CT molecular complexity index is 1340. The normalized spacial score (nSPS) is 15.2. The van der Waals surface area contributed by atoms with Crippen LogP contribution < -0.4 is 14.8 Å². The fourth-order valence-corrected chi connectivity index (χ4v) is 4.03. The molecule has 0 fully saturated rings. The van der Waals surface area contributed by atoms with Crippen molar-refractivity contribution < 1.29 is 19.4 Å². The molecule has 0 saturated carbocycles. The molecule has 0 spiro atoms. The van der Waals surface area contributed by atoms with Crippen molar-refractivity contribution in [3.8, 4) is 11.5 Å². The van der Waals surface area contributed by atoms with Gasteiger partial charge in [-0.05, 0) is 47.9 Å². The largest absolute Gasteiger partial charge is 0.493 e. The van der Waals surface area contributed by atoms with Gasteiger partial charge in [0.1, 0.15) is 11.5 Å². The van der Waals surface area contributed by atoms with E-state index in [1.165, 1.54) is 0 Å². The maximum atomic E-state index is 13.3. The minimum atomic E-state index is -0.554. The van der Waals surface area contributed by atoms with Crippen molar-refractivity contribution in [2.75, 3.05) is 6.61 Å². The number of hydrogen-bond donors (Lipinski definition) is 3. The number of para-hydroxylation sites is 2. The molecule has 2 unspecified atom stereocenters. The van der Waals surface area contributed by atoms with Crippen LogP contribution in [0.2, 0.25) is 0 Å². The van der Waals surface area contributed by atoms with Gasteiger partial charge in [0.2, 0.25) is 5.82 Å². The molecule has 9 heteroatoms. The second-order valence-electron chi connectivity index (χ2n) is 8.27. The quantitative estimate of drug-likeness (QED) is 0.308. The predicted octanol–water partition coefficient (Wildman–Crippen LogP) is 4.00. The number of benzene rings is 3. The first-order valence-corrected chi connectivity index (χ1v) is 11.7. The number of carbonyl (C=O) groups is 1. The predicted molar refractivity (Wildman–Crippen MR) is 132 cm³/mol. The van der Waals surface area contributed by atoms with Gasteiger partial charge in [0.25, 0.3) is 5.91 Å². The van der Waals surface area contributed by atoms with Gasteiger partial charge in [-0.1, -0.05) is 60.7 Å². The number of aliphatic hydroxyl groups is 1. The number of fused-ring (bicyclic) bond motifs is 1. The number of carbonyl (C=O) groups excluding carboxylic acids is 1. The highest BCUT2D eigenvalue weighted by atomic mass is 16.5. The topological polar surface area (TPSA) is 122 Å². The molecular formula is C27H25N5O4. The number of aliphatic hydroxyl groups excluding tert-OH is 1. The molecule has 1 aliphatic rings. The van der Waals surface area contributed by atoms with E-state index >= 15 is 0 Å². The Morgan fingerprint density at radius 3 is 2.67 bits per heavy atom. The third kappa shape index (κ3) is 5.26. The van der Waals surface area contributed by atoms with Crippen LogP contribution in [0.15, 0.2) is 84.9 Å². The minimum Gasteiger partial charge on any atom is -0.493 e. The molecule has 0 aliphatic carbocycles. The molecule has 3 aromatic carbocycles. The van der Waals surface area contributed by atoms with Crippen molar-refractivity contribution in [2.24, 2.45) is 0 Å². The van der Waals surface area contributed by atoms with Crippen LogP contribution in [0.1, 0.15) is 52.3 Å². The molecular weight excluding hydrogens is 458 g/mol. The molecule has 182 valence electrons. The van der Waals surface area contributed by atoms with Gasteiger partial charge >= 0.3 is 0 Å². The van der Waals surface area contributed by atoms with Gasteiger partial charge in [-0.25, -0.2) is 0 Å². The van der Waals surface area contributed by atoms with E-state index in [1.807, 2.05) is 60.7 Å². The summed E-state index contributed by atoms with van der Waals surface area (Å²) in [7, 11) is 0. The van der Waals surface area contributed by atoms with Crippen molar-refractivity contribution in [1.82, 2.24) is 25.9 Å². The molecule has 9 nitrogen and oxygen atoms in total. The number of hydrogen-bond acceptors (Lipinski definition) is 7. The lowest BCUT2D eigenvalue weighted by atomic mass is 10.0. The zero-order valence-corrected chi connectivity index (χ0v) is 19.4. The Morgan fingerprint density at radius 1 is 1.06 bits per heavy atom. The zero-order valence-electron chi connectivity index (χ0n) is 19.4. The summed E-state index contributed by atoms with van der Waals surface area (Å²) < 4.78 is 11.9. The number of aromatic nitrogens is 4. The second-order valence-corrected chi connectivity index (χ2v) is 8.27. The van der Waals surface area contributed by atoms with Gasteiger partial charge in [-0.15, -0.1) is 10.2 Å². The van der Waals surface area contributed by atoms with E-state index in [2.05, 4.69) is 25.9 Å². The highest BCUT2D eigenvalue weighted by molar-refractivity contribution is 5.97. The van der Waals surface area contributed by atoms with Gasteiger partial charge < -0.3 is 19.9 Å². The van der Waals surface area contributed by atoms with Crippen LogP contribution in [0.4, 0.5) is 0 Å². The zero-order chi connectivity index (χ0) is 24.7. The molecule has 3 N–H and O–H groups in total. The SMILES string of the molecule is O=C(NC1C=C(c2nn[nH]n2)Oc2ccccc21)c1ccccc1OCCCC(O)c1ccccc1. The minimum absolute atomic E-state index is 0.291. The number of amides is 1. The van der Waals surface area contributed by atoms with Crippen molar-refractivity contribution in [3.05, 3.63) is 107 Å². The summed E-state index contributed by atoms with van der Waals surface area (Å²) in [6.07, 6.45) is 2.39. The van der Waals surface area contributed by atoms with Crippen molar-refractivity contribution in [2.45, 2.75) is 25.0 Å². The third-order valence-electron chi connectivity index (χ3n) is 5.84. The molecule has 4 aromatic rings. The van der Waals surface area contributed by atoms with Crippen LogP contribution in [0.3, 0.4) is 0 Å². The molecule has 0 bridgehead atoms. The summed E-state index contributed by atoms with van der Waals surface area (Å²) in [5.41, 5.74) is 2.10. The van der Waals surface area contributed by atoms with E-state index < -0.39 is 12.1 Å². The Balaban J connectivity index is 1.26. The highest BCUT2D eigenvalue weighted by Gasteiger charge is 2.26. The van der Waals surface area contributed by atoms with Crippen molar-refractivity contribution >= 4 is 11.7 Å². The van der Waals surface area contributed by atoms with E-state index in [0.29, 0.717) is 48.1 Å². The van der Waals surface area contributed by atoms with Gasteiger partial charge in [0.15, 0.2) is 5.76 Å². The number of rotatable bonds is 9. The van der Waals surface area contributed by atoms with E-state index in [1.54, 1.807) is 24.3 Å². The van der Waals surface area contributed by atoms with Gasteiger partial charge in [-0.2, -0.15) is 5.21 Å². The van der Waals surface area contributed by atoms with Crippen molar-refractivity contribution in [3.63, 3.8) is 0 Å². The highest BCUT2D eigenvalue weighted by Crippen LogP contribution is 2.35. The number of aromatic amines is 1. The molecule has 1 aromatic heterocycles. The van der Waals surface area contributed by atoms with Crippen LogP contribution >= 0.6 is 0 Å². The first-order valence-electron chi connectivity index (χ1n) is 11.7. The summed E-state index contributed by atoms with van der Waals surface area (Å²) in [5.74, 6) is 1.48. The molecule has 0 saturated heterocycles. The van der Waals surface area contributed by atoms with E-state index in [4.69, 9.17) is 9.47 Å². The number of ether oxygens (including phenoxy) is 2. The molecule has 0 radical (unpaired) electrons. The summed E-state index contributed by atoms with van der Waals surface area (Å²) in [4.78, 5) is 13.3. The lowest BCUT2D eigenvalue weighted by molar-refractivity contribution is 0.0938. The van der Waals surface area contributed by atoms with Crippen LogP contribution in [0.25, 0.3) is 5.76 Å². The molecule has 1 aliphatic heterocycles. The van der Waals surface area contributed by atoms with Crippen LogP contribution in [-0.4, -0.2) is 38.2 Å². The average molecular weight is 484 g/mol. The van der Waals surface area contributed by atoms with E-state index in [-0.39, 0.29) is 5.91 Å². The molecule has 36 heavy (non-hydrogen) atoms. The molecule has 1 amide bonds. The van der Waals surface area contributed by atoms with Gasteiger partial charge in [0.05, 0.1) is 24.3 Å². The maximum absolute atomic E-state index is 13.3. The van der Waals surface area contributed by atoms with E-state index in [0.717, 1.165) is 11.1 Å². The number of nitrogens with one attached hydrogen (secondary N) is 2. The molecule has 2 heterocycles. The summed E-state index contributed by atoms with van der Waals surface area (Å²) in [6.45, 7) is 0.371. The Morgan fingerprint density at radius 2 is 1.83 bits per heavy atom. The van der Waals surface area contributed by atoms with Gasteiger partial charge in [0, 0.05) is 5.56 Å². The lowest BCUT2D eigenvalue weighted by Gasteiger charge is -2.25. The fraction of sp³-hybridized carbons (Fsp3) is 0.185. The molecule has 5 rings (SSSR count). The second kappa shape index (κ2) is 10.8. The van der Waals surface area contributed by atoms with Crippen LogP contribution in [0, 0.1) is 0 Å². The summed E-state index contributed by atoms with van der Waals surface area (Å²) in [6, 6.07) is 23.6. The van der Waals surface area contributed by atoms with Gasteiger partial charge in [-0.3, -0.25) is 4.79 Å².